The minimum absolute atomic E-state index is 0. The van der Waals surface area contributed by atoms with Crippen LogP contribution in [0.3, 0.4) is 0 Å². The van der Waals surface area contributed by atoms with E-state index in [4.69, 9.17) is 4.42 Å². The second-order valence-electron chi connectivity index (χ2n) is 8.83. The number of aromatic nitrogens is 3. The highest BCUT2D eigenvalue weighted by Crippen LogP contribution is 2.32. The predicted molar refractivity (Wildman–Crippen MR) is 153 cm³/mol. The fraction of sp³-hybridized carbons (Fsp3) is 0.138. The minimum atomic E-state index is -0.137. The van der Waals surface area contributed by atoms with Gasteiger partial charge in [-0.25, -0.2) is 9.97 Å². The van der Waals surface area contributed by atoms with Crippen molar-refractivity contribution in [3.8, 4) is 22.5 Å². The number of nitrogens with one attached hydrogen (secondary N) is 1. The molecule has 0 bridgehead atoms. The third kappa shape index (κ3) is 5.44. The van der Waals surface area contributed by atoms with Crippen molar-refractivity contribution in [1.82, 2.24) is 19.9 Å². The van der Waals surface area contributed by atoms with Gasteiger partial charge in [-0.2, -0.15) is 0 Å². The summed E-state index contributed by atoms with van der Waals surface area (Å²) in [6.07, 6.45) is 4.88. The molecular formula is C29H27Cl2N5O2. The third-order valence-corrected chi connectivity index (χ3v) is 6.54. The molecule has 1 aliphatic rings. The van der Waals surface area contributed by atoms with Gasteiger partial charge in [0.2, 0.25) is 0 Å². The highest BCUT2D eigenvalue weighted by Gasteiger charge is 2.28. The van der Waals surface area contributed by atoms with Gasteiger partial charge in [0, 0.05) is 37.1 Å². The molecule has 1 N–H and O–H groups in total. The number of H-pyrrole nitrogens is 1. The number of carbonyl (C=O) groups excluding carboxylic acids is 1. The van der Waals surface area contributed by atoms with Crippen molar-refractivity contribution in [3.63, 3.8) is 0 Å². The van der Waals surface area contributed by atoms with Crippen LogP contribution in [0, 0.1) is 0 Å². The first-order chi connectivity index (χ1) is 17.8. The molecule has 6 rings (SSSR count). The fourth-order valence-electron chi connectivity index (χ4n) is 4.73. The van der Waals surface area contributed by atoms with Gasteiger partial charge in [-0.05, 0) is 28.8 Å². The van der Waals surface area contributed by atoms with Crippen molar-refractivity contribution in [2.45, 2.75) is 13.1 Å². The molecule has 9 heteroatoms. The van der Waals surface area contributed by atoms with Gasteiger partial charge in [-0.1, -0.05) is 66.7 Å². The van der Waals surface area contributed by atoms with Crippen LogP contribution in [0.25, 0.3) is 22.5 Å². The van der Waals surface area contributed by atoms with Gasteiger partial charge < -0.3 is 19.2 Å². The number of oxazole rings is 1. The average molecular weight is 548 g/mol. The normalized spacial score (nSPS) is 12.6. The maximum Gasteiger partial charge on any atom is 0.276 e. The summed E-state index contributed by atoms with van der Waals surface area (Å²) < 4.78 is 5.65. The van der Waals surface area contributed by atoms with Crippen LogP contribution >= 0.6 is 24.8 Å². The van der Waals surface area contributed by atoms with Gasteiger partial charge in [0.05, 0.1) is 18.6 Å². The van der Waals surface area contributed by atoms with Crippen molar-refractivity contribution in [2.75, 3.05) is 18.0 Å². The number of hydrogen-bond donors (Lipinski definition) is 1. The number of imidazole rings is 1. The molecule has 3 aromatic carbocycles. The lowest BCUT2D eigenvalue weighted by molar-refractivity contribution is 0.0746. The maximum atomic E-state index is 13.8. The molecule has 7 nitrogen and oxygen atoms in total. The van der Waals surface area contributed by atoms with Crippen LogP contribution < -0.4 is 4.90 Å². The van der Waals surface area contributed by atoms with E-state index in [0.717, 1.165) is 33.6 Å². The van der Waals surface area contributed by atoms with Crippen LogP contribution in [0.4, 0.5) is 5.69 Å². The Kier molecular flexibility index (Phi) is 8.51. The second-order valence-corrected chi connectivity index (χ2v) is 8.83. The van der Waals surface area contributed by atoms with Gasteiger partial charge in [0.25, 0.3) is 5.91 Å². The average Bonchev–Trinajstić information content (AvgIpc) is 3.60. The fourth-order valence-corrected chi connectivity index (χ4v) is 4.73. The molecular weight excluding hydrogens is 521 g/mol. The lowest BCUT2D eigenvalue weighted by Crippen LogP contribution is -2.35. The number of carbonyl (C=O) groups is 1. The summed E-state index contributed by atoms with van der Waals surface area (Å²) in [6, 6.07) is 26.4. The van der Waals surface area contributed by atoms with E-state index in [1.54, 1.807) is 6.33 Å². The van der Waals surface area contributed by atoms with Gasteiger partial charge in [0.15, 0.2) is 17.8 Å². The van der Waals surface area contributed by atoms with E-state index in [-0.39, 0.29) is 30.7 Å². The van der Waals surface area contributed by atoms with E-state index in [1.807, 2.05) is 59.6 Å². The Bertz CT molecular complexity index is 1470. The first kappa shape index (κ1) is 27.0. The summed E-state index contributed by atoms with van der Waals surface area (Å²) in [7, 11) is 0. The number of nitrogens with zero attached hydrogens (tertiary/aromatic N) is 4. The summed E-state index contributed by atoms with van der Waals surface area (Å²) >= 11 is 0. The quantitative estimate of drug-likeness (QED) is 0.282. The van der Waals surface area contributed by atoms with Crippen molar-refractivity contribution >= 4 is 36.4 Å². The number of fused-ring (bicyclic) bond motifs is 1. The summed E-state index contributed by atoms with van der Waals surface area (Å²) in [5, 5.41) is 0. The highest BCUT2D eigenvalue weighted by molar-refractivity contribution is 5.97. The molecule has 0 unspecified atom stereocenters. The number of benzene rings is 3. The van der Waals surface area contributed by atoms with E-state index in [2.05, 4.69) is 50.2 Å². The lowest BCUT2D eigenvalue weighted by atomic mass is 10.0. The second kappa shape index (κ2) is 12.0. The maximum absolute atomic E-state index is 13.8. The van der Waals surface area contributed by atoms with Crippen LogP contribution in [0.2, 0.25) is 0 Å². The Morgan fingerprint density at radius 2 is 1.63 bits per heavy atom. The smallest absolute Gasteiger partial charge is 0.276 e. The van der Waals surface area contributed by atoms with Crippen molar-refractivity contribution in [2.24, 2.45) is 0 Å². The molecule has 0 saturated heterocycles. The van der Waals surface area contributed by atoms with Gasteiger partial charge in [-0.3, -0.25) is 4.79 Å². The van der Waals surface area contributed by atoms with Gasteiger partial charge in [-0.15, -0.1) is 24.8 Å². The lowest BCUT2D eigenvalue weighted by Gasteiger charge is -2.24. The zero-order chi connectivity index (χ0) is 24.3. The van der Waals surface area contributed by atoms with Gasteiger partial charge >= 0.3 is 0 Å². The Morgan fingerprint density at radius 3 is 2.34 bits per heavy atom. The molecule has 0 atom stereocenters. The van der Waals surface area contributed by atoms with E-state index >= 15 is 0 Å². The zero-order valence-electron chi connectivity index (χ0n) is 20.5. The van der Waals surface area contributed by atoms with Crippen LogP contribution in [0.15, 0.2) is 102 Å². The monoisotopic (exact) mass is 547 g/mol. The molecule has 1 aliphatic heterocycles. The predicted octanol–water partition coefficient (Wildman–Crippen LogP) is 6.24. The molecule has 2 aromatic heterocycles. The molecule has 0 saturated carbocycles. The summed E-state index contributed by atoms with van der Waals surface area (Å²) in [4.78, 5) is 29.6. The Balaban J connectivity index is 0.00000168. The number of anilines is 1. The molecule has 0 spiro atoms. The standard InChI is InChI=1S/C29H25N5O2.2ClH/c35-29(27-28(36-20-32-27)22-9-5-2-6-10-22)34-14-13-33(18-25-16-30-19-31-25)26-12-11-23(15-24(26)17-34)21-7-3-1-4-8-21;;/h1-12,15-16,19-20H,13-14,17-18H2,(H,30,31);2*1H. The van der Waals surface area contributed by atoms with Crippen molar-refractivity contribution < 1.29 is 9.21 Å². The first-order valence-electron chi connectivity index (χ1n) is 11.9. The van der Waals surface area contributed by atoms with E-state index in [0.29, 0.717) is 37.6 Å². The highest BCUT2D eigenvalue weighted by atomic mass is 35.5. The molecule has 194 valence electrons. The molecule has 3 heterocycles. The zero-order valence-corrected chi connectivity index (χ0v) is 22.1. The number of aromatic amines is 1. The number of halogens is 2. The Hall–Kier alpha value is -4.07. The molecule has 5 aromatic rings. The molecule has 1 amide bonds. The van der Waals surface area contributed by atoms with E-state index in [9.17, 15) is 4.79 Å². The van der Waals surface area contributed by atoms with Gasteiger partial charge in [0.1, 0.15) is 0 Å². The minimum Gasteiger partial charge on any atom is -0.443 e. The van der Waals surface area contributed by atoms with Crippen LogP contribution in [0.1, 0.15) is 21.7 Å². The largest absolute Gasteiger partial charge is 0.443 e. The molecule has 38 heavy (non-hydrogen) atoms. The number of rotatable bonds is 5. The van der Waals surface area contributed by atoms with Crippen molar-refractivity contribution in [3.05, 3.63) is 115 Å². The third-order valence-electron chi connectivity index (χ3n) is 6.54. The summed E-state index contributed by atoms with van der Waals surface area (Å²) in [5.74, 6) is 0.361. The Morgan fingerprint density at radius 1 is 0.895 bits per heavy atom. The Labute approximate surface area is 233 Å². The number of amides is 1. The molecule has 0 fully saturated rings. The number of hydrogen-bond acceptors (Lipinski definition) is 5. The van der Waals surface area contributed by atoms with Crippen LogP contribution in [-0.2, 0) is 13.1 Å². The van der Waals surface area contributed by atoms with E-state index < -0.39 is 0 Å². The SMILES string of the molecule is Cl.Cl.O=C(c1ncoc1-c1ccccc1)N1CCN(Cc2cnc[nH]2)c2ccc(-c3ccccc3)cc2C1. The van der Waals surface area contributed by atoms with E-state index in [1.165, 1.54) is 6.39 Å². The first-order valence-corrected chi connectivity index (χ1v) is 11.9. The van der Waals surface area contributed by atoms with Crippen molar-refractivity contribution in [1.29, 1.82) is 0 Å². The summed E-state index contributed by atoms with van der Waals surface area (Å²) in [5.41, 5.74) is 6.66. The summed E-state index contributed by atoms with van der Waals surface area (Å²) in [6.45, 7) is 2.40. The molecule has 0 radical (unpaired) electrons. The molecule has 0 aliphatic carbocycles. The van der Waals surface area contributed by atoms with Crippen LogP contribution in [-0.4, -0.2) is 38.8 Å². The van der Waals surface area contributed by atoms with Crippen LogP contribution in [0.5, 0.6) is 0 Å². The topological polar surface area (TPSA) is 78.3 Å².